The second-order valence-corrected chi connectivity index (χ2v) is 8.47. The Morgan fingerprint density at radius 1 is 1.17 bits per heavy atom. The van der Waals surface area contributed by atoms with Crippen LogP contribution in [0.1, 0.15) is 39.1 Å². The van der Waals surface area contributed by atoms with E-state index in [0.29, 0.717) is 34.8 Å². The lowest BCUT2D eigenvalue weighted by atomic mass is 9.95. The van der Waals surface area contributed by atoms with Crippen LogP contribution >= 0.6 is 15.9 Å². The van der Waals surface area contributed by atoms with Crippen molar-refractivity contribution >= 4 is 33.0 Å². The van der Waals surface area contributed by atoms with Gasteiger partial charge in [0.2, 0.25) is 0 Å². The summed E-state index contributed by atoms with van der Waals surface area (Å²) in [7, 11) is 1.59. The predicted molar refractivity (Wildman–Crippen MR) is 120 cm³/mol. The van der Waals surface area contributed by atoms with E-state index in [2.05, 4.69) is 21.0 Å². The van der Waals surface area contributed by atoms with Crippen molar-refractivity contribution in [3.63, 3.8) is 0 Å². The lowest BCUT2D eigenvalue weighted by Gasteiger charge is -2.20. The van der Waals surface area contributed by atoms with Gasteiger partial charge in [0.05, 0.1) is 30.8 Å². The molecule has 152 valence electrons. The second-order valence-electron chi connectivity index (χ2n) is 7.55. The molecule has 1 aromatic heterocycles. The maximum Gasteiger partial charge on any atom is 0.282 e. The average molecular weight is 458 g/mol. The number of rotatable bonds is 5. The number of nitrogens with zero attached hydrogens (tertiary/aromatic N) is 3. The molecule has 29 heavy (non-hydrogen) atoms. The van der Waals surface area contributed by atoms with Gasteiger partial charge in [0.1, 0.15) is 5.82 Å². The quantitative estimate of drug-likeness (QED) is 0.518. The van der Waals surface area contributed by atoms with E-state index in [1.165, 1.54) is 4.68 Å². The van der Waals surface area contributed by atoms with Gasteiger partial charge in [-0.3, -0.25) is 4.79 Å². The molecule has 6 nitrogen and oxygen atoms in total. The van der Waals surface area contributed by atoms with E-state index in [4.69, 9.17) is 14.5 Å². The van der Waals surface area contributed by atoms with Crippen LogP contribution in [0.3, 0.4) is 0 Å². The van der Waals surface area contributed by atoms with E-state index >= 15 is 0 Å². The summed E-state index contributed by atoms with van der Waals surface area (Å²) >= 11 is 3.42. The van der Waals surface area contributed by atoms with Crippen LogP contribution in [0.4, 0.5) is 0 Å². The monoisotopic (exact) mass is 457 g/mol. The molecule has 0 saturated heterocycles. The number of methoxy groups -OCH3 is 1. The molecular weight excluding hydrogens is 434 g/mol. The maximum atomic E-state index is 13.2. The van der Waals surface area contributed by atoms with Crippen LogP contribution in [-0.2, 0) is 5.41 Å². The Morgan fingerprint density at radius 2 is 1.93 bits per heavy atom. The fraction of sp³-hybridized carbons (Fsp3) is 0.318. The number of hydrogen-bond donors (Lipinski definition) is 0. The number of fused-ring (bicyclic) bond motifs is 1. The Bertz CT molecular complexity index is 1130. The molecule has 0 N–H and O–H groups in total. The van der Waals surface area contributed by atoms with E-state index < -0.39 is 0 Å². The van der Waals surface area contributed by atoms with Crippen LogP contribution in [0.25, 0.3) is 10.9 Å². The molecule has 0 spiro atoms. The zero-order valence-corrected chi connectivity index (χ0v) is 18.8. The van der Waals surface area contributed by atoms with Gasteiger partial charge in [-0.05, 0) is 48.9 Å². The topological polar surface area (TPSA) is 65.7 Å². The first kappa shape index (κ1) is 21.0. The Hall–Kier alpha value is -2.67. The summed E-state index contributed by atoms with van der Waals surface area (Å²) in [5.41, 5.74) is 0.855. The van der Waals surface area contributed by atoms with Crippen LogP contribution < -0.4 is 15.0 Å². The first-order chi connectivity index (χ1) is 13.7. The van der Waals surface area contributed by atoms with E-state index in [1.54, 1.807) is 19.4 Å². The number of hydrogen-bond acceptors (Lipinski definition) is 5. The van der Waals surface area contributed by atoms with Gasteiger partial charge in [-0.15, -0.1) is 0 Å². The van der Waals surface area contributed by atoms with Crippen molar-refractivity contribution in [2.24, 2.45) is 5.10 Å². The number of aromatic nitrogens is 2. The predicted octanol–water partition coefficient (Wildman–Crippen LogP) is 4.75. The SMILES string of the molecule is CCOc1ccc(C=Nn2c(C(C)(C)C)nc3ccc(Br)cc3c2=O)cc1OC. The third kappa shape index (κ3) is 4.50. The molecule has 0 bridgehead atoms. The fourth-order valence-electron chi connectivity index (χ4n) is 2.90. The van der Waals surface area contributed by atoms with Crippen molar-refractivity contribution in [1.29, 1.82) is 0 Å². The molecule has 3 rings (SSSR count). The van der Waals surface area contributed by atoms with Gasteiger partial charge in [-0.1, -0.05) is 36.7 Å². The third-order valence-electron chi connectivity index (χ3n) is 4.29. The smallest absolute Gasteiger partial charge is 0.282 e. The highest BCUT2D eigenvalue weighted by molar-refractivity contribution is 9.10. The van der Waals surface area contributed by atoms with Gasteiger partial charge in [-0.25, -0.2) is 4.98 Å². The standard InChI is InChI=1S/C22H24BrN3O3/c1-6-29-18-10-7-14(11-19(18)28-5)13-24-26-20(27)16-12-15(23)8-9-17(16)25-21(26)22(2,3)4/h7-13H,6H2,1-5H3. The Labute approximate surface area is 178 Å². The van der Waals surface area contributed by atoms with Crippen LogP contribution in [0.5, 0.6) is 11.5 Å². The fourth-order valence-corrected chi connectivity index (χ4v) is 3.27. The van der Waals surface area contributed by atoms with E-state index in [0.717, 1.165) is 10.0 Å². The summed E-state index contributed by atoms with van der Waals surface area (Å²) in [5, 5.41) is 4.99. The molecule has 1 heterocycles. The molecule has 7 heteroatoms. The van der Waals surface area contributed by atoms with Crippen LogP contribution in [0.2, 0.25) is 0 Å². The first-order valence-corrected chi connectivity index (χ1v) is 10.1. The summed E-state index contributed by atoms with van der Waals surface area (Å²) in [6.45, 7) is 8.48. The maximum absolute atomic E-state index is 13.2. The van der Waals surface area contributed by atoms with Crippen LogP contribution in [-0.4, -0.2) is 29.6 Å². The summed E-state index contributed by atoms with van der Waals surface area (Å²) in [6, 6.07) is 11.0. The lowest BCUT2D eigenvalue weighted by molar-refractivity contribution is 0.311. The van der Waals surface area contributed by atoms with Gasteiger partial charge in [-0.2, -0.15) is 9.78 Å². The van der Waals surface area contributed by atoms with E-state index in [-0.39, 0.29) is 11.0 Å². The minimum atomic E-state index is -0.367. The van der Waals surface area contributed by atoms with Crippen LogP contribution in [0, 0.1) is 0 Å². The molecule has 0 aliphatic heterocycles. The molecule has 0 amide bonds. The number of halogens is 1. The van der Waals surface area contributed by atoms with Crippen molar-refractivity contribution in [3.8, 4) is 11.5 Å². The summed E-state index contributed by atoms with van der Waals surface area (Å²) < 4.78 is 13.1. The Balaban J connectivity index is 2.14. The highest BCUT2D eigenvalue weighted by Gasteiger charge is 2.22. The molecule has 0 fully saturated rings. The van der Waals surface area contributed by atoms with Crippen molar-refractivity contribution in [3.05, 3.63) is 62.6 Å². The highest BCUT2D eigenvalue weighted by Crippen LogP contribution is 2.28. The van der Waals surface area contributed by atoms with Gasteiger partial charge < -0.3 is 9.47 Å². The molecule has 3 aromatic rings. The van der Waals surface area contributed by atoms with Crippen LogP contribution in [0.15, 0.2) is 50.8 Å². The molecular formula is C22H24BrN3O3. The van der Waals surface area contributed by atoms with Gasteiger partial charge >= 0.3 is 0 Å². The zero-order chi connectivity index (χ0) is 21.2. The van der Waals surface area contributed by atoms with Crippen molar-refractivity contribution in [2.75, 3.05) is 13.7 Å². The Kier molecular flexibility index (Phi) is 6.07. The molecule has 2 aromatic carbocycles. The molecule has 0 saturated carbocycles. The van der Waals surface area contributed by atoms with Gasteiger partial charge in [0, 0.05) is 9.89 Å². The van der Waals surface area contributed by atoms with E-state index in [1.807, 2.05) is 58.0 Å². The average Bonchev–Trinajstić information content (AvgIpc) is 2.67. The molecule has 0 aliphatic carbocycles. The molecule has 0 aliphatic rings. The lowest BCUT2D eigenvalue weighted by Crippen LogP contribution is -2.29. The van der Waals surface area contributed by atoms with Crippen molar-refractivity contribution in [2.45, 2.75) is 33.1 Å². The Morgan fingerprint density at radius 3 is 2.59 bits per heavy atom. The molecule has 0 atom stereocenters. The van der Waals surface area contributed by atoms with E-state index in [9.17, 15) is 4.79 Å². The van der Waals surface area contributed by atoms with Crippen molar-refractivity contribution in [1.82, 2.24) is 9.66 Å². The number of benzene rings is 2. The normalized spacial score (nSPS) is 11.9. The first-order valence-electron chi connectivity index (χ1n) is 9.32. The van der Waals surface area contributed by atoms with Gasteiger partial charge in [0.15, 0.2) is 11.5 Å². The van der Waals surface area contributed by atoms with Gasteiger partial charge in [0.25, 0.3) is 5.56 Å². The minimum Gasteiger partial charge on any atom is -0.493 e. The number of ether oxygens (including phenoxy) is 2. The zero-order valence-electron chi connectivity index (χ0n) is 17.2. The summed E-state index contributed by atoms with van der Waals surface area (Å²) in [6.07, 6.45) is 1.63. The van der Waals surface area contributed by atoms with Crippen molar-refractivity contribution < 1.29 is 9.47 Å². The summed E-state index contributed by atoms with van der Waals surface area (Å²) in [4.78, 5) is 17.9. The molecule has 0 radical (unpaired) electrons. The molecule has 0 unspecified atom stereocenters. The third-order valence-corrected chi connectivity index (χ3v) is 4.78. The highest BCUT2D eigenvalue weighted by atomic mass is 79.9. The minimum absolute atomic E-state index is 0.213. The largest absolute Gasteiger partial charge is 0.493 e. The second kappa shape index (κ2) is 8.37. The summed E-state index contributed by atoms with van der Waals surface area (Å²) in [5.74, 6) is 1.86.